The van der Waals surface area contributed by atoms with E-state index in [0.29, 0.717) is 25.9 Å². The fourth-order valence-corrected chi connectivity index (χ4v) is 5.08. The molecule has 2 heterocycles. The molecule has 0 aliphatic carbocycles. The van der Waals surface area contributed by atoms with Crippen LogP contribution >= 0.6 is 11.3 Å². The molecule has 1 aliphatic rings. The van der Waals surface area contributed by atoms with E-state index in [9.17, 15) is 13.2 Å². The second-order valence-electron chi connectivity index (χ2n) is 5.77. The molecule has 6 nitrogen and oxygen atoms in total. The van der Waals surface area contributed by atoms with Crippen molar-refractivity contribution in [3.63, 3.8) is 0 Å². The number of thiazole rings is 1. The molecule has 0 aromatic carbocycles. The van der Waals surface area contributed by atoms with Gasteiger partial charge in [0.2, 0.25) is 5.91 Å². The fourth-order valence-electron chi connectivity index (χ4n) is 2.50. The van der Waals surface area contributed by atoms with Crippen LogP contribution in [0.3, 0.4) is 0 Å². The lowest BCUT2D eigenvalue weighted by molar-refractivity contribution is -0.121. The standard InChI is InChI=1S/C14H23N3O3S2/c1-11-9-21-14(16-11)3-6-15-13(18)4-7-17(2)12-5-8-22(19,20)10-12/h9,12H,3-8,10H2,1-2H3,(H,15,18)/t12-/m1/s1. The quantitative estimate of drug-likeness (QED) is 0.784. The van der Waals surface area contributed by atoms with Crippen molar-refractivity contribution in [2.24, 2.45) is 0 Å². The molecule has 2 rings (SSSR count). The topological polar surface area (TPSA) is 79.4 Å². The summed E-state index contributed by atoms with van der Waals surface area (Å²) in [4.78, 5) is 18.1. The number of amides is 1. The van der Waals surface area contributed by atoms with Crippen LogP contribution in [-0.2, 0) is 21.1 Å². The van der Waals surface area contributed by atoms with Crippen molar-refractivity contribution >= 4 is 27.1 Å². The second-order valence-corrected chi connectivity index (χ2v) is 8.94. The molecule has 124 valence electrons. The minimum absolute atomic E-state index is 0.000909. The van der Waals surface area contributed by atoms with E-state index in [1.54, 1.807) is 11.3 Å². The lowest BCUT2D eigenvalue weighted by Crippen LogP contribution is -2.36. The molecule has 1 atom stereocenters. The minimum Gasteiger partial charge on any atom is -0.356 e. The molecule has 0 radical (unpaired) electrons. The molecule has 0 unspecified atom stereocenters. The van der Waals surface area contributed by atoms with Crippen LogP contribution in [0, 0.1) is 6.92 Å². The van der Waals surface area contributed by atoms with Gasteiger partial charge in [-0.3, -0.25) is 4.79 Å². The Morgan fingerprint density at radius 3 is 2.91 bits per heavy atom. The fraction of sp³-hybridized carbons (Fsp3) is 0.714. The number of rotatable bonds is 7. The molecule has 1 saturated heterocycles. The van der Waals surface area contributed by atoms with Crippen molar-refractivity contribution in [3.05, 3.63) is 16.1 Å². The maximum Gasteiger partial charge on any atom is 0.221 e. The Hall–Kier alpha value is -0.990. The highest BCUT2D eigenvalue weighted by Crippen LogP contribution is 2.16. The predicted octanol–water partition coefficient (Wildman–Crippen LogP) is 0.619. The zero-order valence-electron chi connectivity index (χ0n) is 13.0. The number of carbonyl (C=O) groups excluding carboxylic acids is 1. The van der Waals surface area contributed by atoms with Crippen LogP contribution in [-0.4, -0.2) is 61.9 Å². The molecule has 1 amide bonds. The Bertz CT molecular complexity index is 613. The van der Waals surface area contributed by atoms with Crippen molar-refractivity contribution in [2.45, 2.75) is 32.2 Å². The Kier molecular flexibility index (Phi) is 5.94. The van der Waals surface area contributed by atoms with E-state index in [1.165, 1.54) is 0 Å². The molecule has 1 aromatic rings. The van der Waals surface area contributed by atoms with E-state index in [2.05, 4.69) is 10.3 Å². The smallest absolute Gasteiger partial charge is 0.221 e. The van der Waals surface area contributed by atoms with Crippen molar-refractivity contribution < 1.29 is 13.2 Å². The maximum atomic E-state index is 11.8. The average Bonchev–Trinajstić information content (AvgIpc) is 3.02. The first-order valence-corrected chi connectivity index (χ1v) is 10.1. The Morgan fingerprint density at radius 2 is 2.32 bits per heavy atom. The van der Waals surface area contributed by atoms with E-state index in [1.807, 2.05) is 24.3 Å². The second kappa shape index (κ2) is 7.52. The van der Waals surface area contributed by atoms with Gasteiger partial charge in [0, 0.05) is 43.0 Å². The van der Waals surface area contributed by atoms with Crippen molar-refractivity contribution in [1.82, 2.24) is 15.2 Å². The zero-order valence-corrected chi connectivity index (χ0v) is 14.7. The van der Waals surface area contributed by atoms with Gasteiger partial charge in [0.15, 0.2) is 9.84 Å². The van der Waals surface area contributed by atoms with E-state index in [0.717, 1.165) is 17.1 Å². The Labute approximate surface area is 135 Å². The maximum absolute atomic E-state index is 11.8. The van der Waals surface area contributed by atoms with Gasteiger partial charge in [0.1, 0.15) is 0 Å². The third kappa shape index (κ3) is 5.33. The molecule has 0 spiro atoms. The summed E-state index contributed by atoms with van der Waals surface area (Å²) < 4.78 is 22.9. The van der Waals surface area contributed by atoms with Gasteiger partial charge < -0.3 is 10.2 Å². The van der Waals surface area contributed by atoms with E-state index in [4.69, 9.17) is 0 Å². The lowest BCUT2D eigenvalue weighted by Gasteiger charge is -2.22. The monoisotopic (exact) mass is 345 g/mol. The number of hydrogen-bond donors (Lipinski definition) is 1. The number of aromatic nitrogens is 1. The van der Waals surface area contributed by atoms with Crippen molar-refractivity contribution in [3.8, 4) is 0 Å². The lowest BCUT2D eigenvalue weighted by atomic mass is 10.2. The number of carbonyl (C=O) groups is 1. The van der Waals surface area contributed by atoms with Crippen molar-refractivity contribution in [1.29, 1.82) is 0 Å². The van der Waals surface area contributed by atoms with E-state index < -0.39 is 9.84 Å². The number of nitrogens with one attached hydrogen (secondary N) is 1. The highest BCUT2D eigenvalue weighted by atomic mass is 32.2. The predicted molar refractivity (Wildman–Crippen MR) is 87.9 cm³/mol. The van der Waals surface area contributed by atoms with Crippen LogP contribution in [0.1, 0.15) is 23.5 Å². The molecular formula is C14H23N3O3S2. The molecule has 22 heavy (non-hydrogen) atoms. The van der Waals surface area contributed by atoms with Crippen LogP contribution in [0.25, 0.3) is 0 Å². The summed E-state index contributed by atoms with van der Waals surface area (Å²) in [7, 11) is -0.984. The summed E-state index contributed by atoms with van der Waals surface area (Å²) in [5, 5.41) is 5.92. The van der Waals surface area contributed by atoms with Crippen molar-refractivity contribution in [2.75, 3.05) is 31.6 Å². The minimum atomic E-state index is -2.87. The van der Waals surface area contributed by atoms with Gasteiger partial charge in [-0.2, -0.15) is 0 Å². The Balaban J connectivity index is 1.63. The van der Waals surface area contributed by atoms with E-state index in [-0.39, 0.29) is 23.5 Å². The molecule has 0 saturated carbocycles. The molecule has 8 heteroatoms. The molecule has 1 aliphatic heterocycles. The summed E-state index contributed by atoms with van der Waals surface area (Å²) in [6, 6.07) is 0.0519. The number of sulfone groups is 1. The van der Waals surface area contributed by atoms with Crippen LogP contribution in [0.5, 0.6) is 0 Å². The number of hydrogen-bond acceptors (Lipinski definition) is 6. The van der Waals surface area contributed by atoms with Gasteiger partial charge in [-0.05, 0) is 20.4 Å². The first kappa shape index (κ1) is 17.4. The summed E-state index contributed by atoms with van der Waals surface area (Å²) in [6.07, 6.45) is 1.81. The highest BCUT2D eigenvalue weighted by Gasteiger charge is 2.30. The molecule has 1 fully saturated rings. The third-order valence-electron chi connectivity index (χ3n) is 3.85. The average molecular weight is 345 g/mol. The number of nitrogens with zero attached hydrogens (tertiary/aromatic N) is 2. The van der Waals surface area contributed by atoms with Gasteiger partial charge in [0.25, 0.3) is 0 Å². The highest BCUT2D eigenvalue weighted by molar-refractivity contribution is 7.91. The molecular weight excluding hydrogens is 322 g/mol. The van der Waals surface area contributed by atoms with Gasteiger partial charge in [-0.15, -0.1) is 11.3 Å². The van der Waals surface area contributed by atoms with Crippen LogP contribution in [0.2, 0.25) is 0 Å². The summed E-state index contributed by atoms with van der Waals surface area (Å²) >= 11 is 1.61. The molecule has 1 N–H and O–H groups in total. The normalized spacial score (nSPS) is 20.4. The first-order valence-electron chi connectivity index (χ1n) is 7.44. The largest absolute Gasteiger partial charge is 0.356 e. The first-order chi connectivity index (χ1) is 10.4. The zero-order chi connectivity index (χ0) is 16.2. The van der Waals surface area contributed by atoms with E-state index >= 15 is 0 Å². The van der Waals surface area contributed by atoms with Crippen LogP contribution in [0.4, 0.5) is 0 Å². The summed E-state index contributed by atoms with van der Waals surface area (Å²) in [5.74, 6) is 0.483. The summed E-state index contributed by atoms with van der Waals surface area (Å²) in [5.41, 5.74) is 1.01. The van der Waals surface area contributed by atoms with Crippen LogP contribution in [0.15, 0.2) is 5.38 Å². The van der Waals surface area contributed by atoms with Gasteiger partial charge in [0.05, 0.1) is 16.5 Å². The SMILES string of the molecule is Cc1csc(CCNC(=O)CCN(C)[C@@H]2CCS(=O)(=O)C2)n1. The van der Waals surface area contributed by atoms with Crippen LogP contribution < -0.4 is 5.32 Å². The molecule has 1 aromatic heterocycles. The van der Waals surface area contributed by atoms with Gasteiger partial charge in [-0.25, -0.2) is 13.4 Å². The molecule has 0 bridgehead atoms. The van der Waals surface area contributed by atoms with Gasteiger partial charge >= 0.3 is 0 Å². The third-order valence-corrected chi connectivity index (χ3v) is 6.63. The summed E-state index contributed by atoms with van der Waals surface area (Å²) in [6.45, 7) is 3.13. The Morgan fingerprint density at radius 1 is 1.55 bits per heavy atom. The number of aryl methyl sites for hydroxylation is 1. The van der Waals surface area contributed by atoms with Gasteiger partial charge in [-0.1, -0.05) is 0 Å².